The van der Waals surface area contributed by atoms with E-state index in [0.717, 1.165) is 19.4 Å². The molecule has 25 heavy (non-hydrogen) atoms. The van der Waals surface area contributed by atoms with Crippen molar-refractivity contribution in [3.8, 4) is 0 Å². The molecule has 6 nitrogen and oxygen atoms in total. The lowest BCUT2D eigenvalue weighted by Gasteiger charge is -2.11. The number of carbonyl (C=O) groups excluding carboxylic acids is 1. The Bertz CT molecular complexity index is 720. The lowest BCUT2D eigenvalue weighted by atomic mass is 10.1. The Morgan fingerprint density at radius 1 is 1.32 bits per heavy atom. The lowest BCUT2D eigenvalue weighted by Crippen LogP contribution is -2.27. The third-order valence-corrected chi connectivity index (χ3v) is 4.07. The van der Waals surface area contributed by atoms with E-state index in [2.05, 4.69) is 20.6 Å². The van der Waals surface area contributed by atoms with Crippen molar-refractivity contribution in [2.24, 2.45) is 0 Å². The van der Waals surface area contributed by atoms with E-state index in [4.69, 9.17) is 4.74 Å². The summed E-state index contributed by atoms with van der Waals surface area (Å²) in [6, 6.07) is 8.14. The average molecular weight is 344 g/mol. The molecule has 7 heteroatoms. The highest BCUT2D eigenvalue weighted by Crippen LogP contribution is 2.13. The maximum absolute atomic E-state index is 13.6. The van der Waals surface area contributed by atoms with Crippen LogP contribution in [0.4, 0.5) is 10.2 Å². The van der Waals surface area contributed by atoms with E-state index < -0.39 is 0 Å². The monoisotopic (exact) mass is 344 g/mol. The molecule has 1 aromatic carbocycles. The average Bonchev–Trinajstić information content (AvgIpc) is 3.15. The molecule has 3 rings (SSSR count). The second-order valence-corrected chi connectivity index (χ2v) is 5.90. The summed E-state index contributed by atoms with van der Waals surface area (Å²) < 4.78 is 19.1. The number of aromatic nitrogens is 2. The number of hydrogen-bond acceptors (Lipinski definition) is 5. The minimum atomic E-state index is -0.307. The molecule has 0 saturated carbocycles. The third kappa shape index (κ3) is 4.96. The SMILES string of the molecule is O=C(NCCc1ccccc1F)c1cc(NCC2CCCO2)ncn1. The molecule has 1 atom stereocenters. The van der Waals surface area contributed by atoms with Gasteiger partial charge in [0.05, 0.1) is 6.10 Å². The highest BCUT2D eigenvalue weighted by molar-refractivity contribution is 5.92. The van der Waals surface area contributed by atoms with Crippen LogP contribution in [-0.2, 0) is 11.2 Å². The summed E-state index contributed by atoms with van der Waals surface area (Å²) in [6.45, 7) is 1.79. The van der Waals surface area contributed by atoms with Gasteiger partial charge < -0.3 is 15.4 Å². The van der Waals surface area contributed by atoms with Gasteiger partial charge in [-0.3, -0.25) is 4.79 Å². The standard InChI is InChI=1S/C18H21FN4O2/c19-15-6-2-1-4-13(15)7-8-20-18(24)16-10-17(23-12-22-16)21-11-14-5-3-9-25-14/h1-2,4,6,10,12,14H,3,5,7-9,11H2,(H,20,24)(H,21,22,23). The van der Waals surface area contributed by atoms with Gasteiger partial charge in [0, 0.05) is 25.8 Å². The first-order chi connectivity index (χ1) is 12.2. The van der Waals surface area contributed by atoms with E-state index in [1.807, 2.05) is 0 Å². The molecule has 0 aliphatic carbocycles. The fourth-order valence-corrected chi connectivity index (χ4v) is 2.70. The van der Waals surface area contributed by atoms with Gasteiger partial charge in [0.2, 0.25) is 0 Å². The second kappa shape index (κ2) is 8.53. The molecule has 1 aromatic heterocycles. The number of ether oxygens (including phenoxy) is 1. The van der Waals surface area contributed by atoms with Gasteiger partial charge >= 0.3 is 0 Å². The zero-order valence-corrected chi connectivity index (χ0v) is 13.9. The van der Waals surface area contributed by atoms with Crippen LogP contribution < -0.4 is 10.6 Å². The molecule has 1 aliphatic rings. The van der Waals surface area contributed by atoms with Crippen molar-refractivity contribution in [1.29, 1.82) is 0 Å². The second-order valence-electron chi connectivity index (χ2n) is 5.90. The summed E-state index contributed by atoms with van der Waals surface area (Å²) in [5.74, 6) is 0.0167. The van der Waals surface area contributed by atoms with Crippen LogP contribution in [0.25, 0.3) is 0 Å². The molecule has 2 N–H and O–H groups in total. The molecule has 0 bridgehead atoms. The molecule has 1 unspecified atom stereocenters. The topological polar surface area (TPSA) is 76.1 Å². The number of nitrogens with zero attached hydrogens (tertiary/aromatic N) is 2. The molecular weight excluding hydrogens is 323 g/mol. The van der Waals surface area contributed by atoms with Crippen LogP contribution in [0.15, 0.2) is 36.7 Å². The van der Waals surface area contributed by atoms with Crippen LogP contribution in [0.3, 0.4) is 0 Å². The van der Waals surface area contributed by atoms with Crippen molar-refractivity contribution < 1.29 is 13.9 Å². The van der Waals surface area contributed by atoms with Crippen molar-refractivity contribution >= 4 is 11.7 Å². The number of nitrogens with one attached hydrogen (secondary N) is 2. The van der Waals surface area contributed by atoms with Crippen LogP contribution >= 0.6 is 0 Å². The Hall–Kier alpha value is -2.54. The van der Waals surface area contributed by atoms with Crippen LogP contribution in [0.2, 0.25) is 0 Å². The predicted octanol–water partition coefficient (Wildman–Crippen LogP) is 2.18. The minimum Gasteiger partial charge on any atom is -0.376 e. The molecular formula is C18H21FN4O2. The molecule has 1 amide bonds. The Balaban J connectivity index is 1.49. The minimum absolute atomic E-state index is 0.188. The van der Waals surface area contributed by atoms with Crippen LogP contribution in [-0.4, -0.2) is 41.7 Å². The van der Waals surface area contributed by atoms with Crippen molar-refractivity contribution in [2.45, 2.75) is 25.4 Å². The third-order valence-electron chi connectivity index (χ3n) is 4.07. The smallest absolute Gasteiger partial charge is 0.270 e. The van der Waals surface area contributed by atoms with Gasteiger partial charge in [-0.15, -0.1) is 0 Å². The van der Waals surface area contributed by atoms with Gasteiger partial charge in [-0.05, 0) is 30.9 Å². The molecule has 1 saturated heterocycles. The highest BCUT2D eigenvalue weighted by Gasteiger charge is 2.15. The summed E-state index contributed by atoms with van der Waals surface area (Å²) in [5.41, 5.74) is 0.850. The van der Waals surface area contributed by atoms with E-state index in [9.17, 15) is 9.18 Å². The molecule has 0 spiro atoms. The van der Waals surface area contributed by atoms with Gasteiger partial charge in [0.25, 0.3) is 5.91 Å². The summed E-state index contributed by atoms with van der Waals surface area (Å²) >= 11 is 0. The van der Waals surface area contributed by atoms with Gasteiger partial charge in [0.1, 0.15) is 23.7 Å². The quantitative estimate of drug-likeness (QED) is 0.805. The maximum Gasteiger partial charge on any atom is 0.270 e. The normalized spacial score (nSPS) is 16.6. The molecule has 2 heterocycles. The fourth-order valence-electron chi connectivity index (χ4n) is 2.70. The maximum atomic E-state index is 13.6. The first kappa shape index (κ1) is 17.3. The molecule has 1 fully saturated rings. The first-order valence-corrected chi connectivity index (χ1v) is 8.41. The first-order valence-electron chi connectivity index (χ1n) is 8.41. The van der Waals surface area contributed by atoms with E-state index in [-0.39, 0.29) is 23.5 Å². The number of rotatable bonds is 7. The Kier molecular flexibility index (Phi) is 5.90. The fraction of sp³-hybridized carbons (Fsp3) is 0.389. The van der Waals surface area contributed by atoms with E-state index >= 15 is 0 Å². The number of hydrogen-bond donors (Lipinski definition) is 2. The van der Waals surface area contributed by atoms with Crippen LogP contribution in [0.5, 0.6) is 0 Å². The number of benzene rings is 1. The van der Waals surface area contributed by atoms with Gasteiger partial charge in [-0.25, -0.2) is 14.4 Å². The van der Waals surface area contributed by atoms with Crippen molar-refractivity contribution in [1.82, 2.24) is 15.3 Å². The van der Waals surface area contributed by atoms with Gasteiger partial charge in [-0.1, -0.05) is 18.2 Å². The van der Waals surface area contributed by atoms with Crippen LogP contribution in [0, 0.1) is 5.82 Å². The van der Waals surface area contributed by atoms with Gasteiger partial charge in [0.15, 0.2) is 0 Å². The number of halogens is 1. The Morgan fingerprint density at radius 2 is 2.20 bits per heavy atom. The summed E-state index contributed by atoms with van der Waals surface area (Å²) in [7, 11) is 0. The molecule has 2 aromatic rings. The summed E-state index contributed by atoms with van der Waals surface area (Å²) in [6.07, 6.45) is 4.07. The van der Waals surface area contributed by atoms with Crippen molar-refractivity contribution in [2.75, 3.05) is 25.0 Å². The van der Waals surface area contributed by atoms with Crippen LogP contribution in [0.1, 0.15) is 28.9 Å². The van der Waals surface area contributed by atoms with E-state index in [1.54, 1.807) is 24.3 Å². The highest BCUT2D eigenvalue weighted by atomic mass is 19.1. The Morgan fingerprint density at radius 3 is 3.00 bits per heavy atom. The zero-order valence-electron chi connectivity index (χ0n) is 13.9. The van der Waals surface area contributed by atoms with Crippen molar-refractivity contribution in [3.05, 3.63) is 53.7 Å². The molecule has 1 aliphatic heterocycles. The van der Waals surface area contributed by atoms with E-state index in [0.29, 0.717) is 30.9 Å². The van der Waals surface area contributed by atoms with Crippen molar-refractivity contribution in [3.63, 3.8) is 0 Å². The van der Waals surface area contributed by atoms with Gasteiger partial charge in [-0.2, -0.15) is 0 Å². The number of carbonyl (C=O) groups is 1. The zero-order chi connectivity index (χ0) is 17.5. The summed E-state index contributed by atoms with van der Waals surface area (Å²) in [5, 5.41) is 5.92. The number of amides is 1. The summed E-state index contributed by atoms with van der Waals surface area (Å²) in [4.78, 5) is 20.3. The Labute approximate surface area is 145 Å². The van der Waals surface area contributed by atoms with E-state index in [1.165, 1.54) is 12.4 Å². The molecule has 0 radical (unpaired) electrons. The number of anilines is 1. The lowest BCUT2D eigenvalue weighted by molar-refractivity contribution is 0.0949. The predicted molar refractivity (Wildman–Crippen MR) is 91.9 cm³/mol. The largest absolute Gasteiger partial charge is 0.376 e. The molecule has 132 valence electrons.